The van der Waals surface area contributed by atoms with Crippen molar-refractivity contribution in [3.05, 3.63) is 21.3 Å². The summed E-state index contributed by atoms with van der Waals surface area (Å²) >= 11 is 0. The van der Waals surface area contributed by atoms with Crippen molar-refractivity contribution >= 4 is 23.6 Å². The van der Waals surface area contributed by atoms with E-state index in [2.05, 4.69) is 21.3 Å². The van der Waals surface area contributed by atoms with Crippen molar-refractivity contribution in [1.82, 2.24) is 0 Å². The molecule has 0 unspecified atom stereocenters. The van der Waals surface area contributed by atoms with Gasteiger partial charge in [0.1, 0.15) is 0 Å². The average molecular weight is 380 g/mol. The first-order valence-corrected chi connectivity index (χ1v) is 5.50. The Kier molecular flexibility index (Phi) is 41.3. The number of nitrogens with zero attached hydrogens (tertiary/aromatic N) is 4. The molecule has 0 aromatic rings. The zero-order valence-electron chi connectivity index (χ0n) is 13.9. The first kappa shape index (κ1) is 31.9. The Labute approximate surface area is 146 Å². The van der Waals surface area contributed by atoms with Gasteiger partial charge in [0, 0.05) is 23.6 Å². The number of hydrogen-bond acceptors (Lipinski definition) is 4. The van der Waals surface area contributed by atoms with Crippen LogP contribution in [0.1, 0.15) is 27.7 Å². The van der Waals surface area contributed by atoms with Crippen molar-refractivity contribution in [3.63, 3.8) is 0 Å². The second-order valence-corrected chi connectivity index (χ2v) is 2.97. The second-order valence-electron chi connectivity index (χ2n) is 2.97. The fraction of sp³-hybridized carbons (Fsp3) is 0.667. The third-order valence-electron chi connectivity index (χ3n) is 1.26. The van der Waals surface area contributed by atoms with Crippen LogP contribution in [0.15, 0.2) is 0 Å². The number of rotatable bonds is 0. The van der Waals surface area contributed by atoms with Gasteiger partial charge >= 0.3 is 26.2 Å². The molecule has 0 aliphatic rings. The van der Waals surface area contributed by atoms with Crippen LogP contribution < -0.4 is 0 Å². The van der Waals surface area contributed by atoms with Crippen LogP contribution >= 0.6 is 0 Å². The minimum absolute atomic E-state index is 0. The van der Waals surface area contributed by atoms with Crippen molar-refractivity contribution in [3.8, 4) is 0 Å². The van der Waals surface area contributed by atoms with E-state index in [1.54, 1.807) is 0 Å². The number of carbonyl (C=O) groups is 4. The van der Waals surface area contributed by atoms with Gasteiger partial charge < -0.3 is 40.4 Å². The smallest absolute Gasteiger partial charge is 0.656 e. The fourth-order valence-corrected chi connectivity index (χ4v) is 0. The van der Waals surface area contributed by atoms with Gasteiger partial charge in [0.05, 0.1) is 0 Å². The molecule has 21 heavy (non-hydrogen) atoms. The summed E-state index contributed by atoms with van der Waals surface area (Å²) in [5, 5.41) is 13.0. The molecule has 0 bridgehead atoms. The summed E-state index contributed by atoms with van der Waals surface area (Å²) in [6, 6.07) is 0. The predicted molar refractivity (Wildman–Crippen MR) is 79.9 cm³/mol. The van der Waals surface area contributed by atoms with Crippen molar-refractivity contribution in [2.24, 2.45) is 0 Å². The average Bonchev–Trinajstić information content (AvgIpc) is 2.40. The zero-order valence-corrected chi connectivity index (χ0v) is 16.4. The molecule has 0 spiro atoms. The molecule has 0 aliphatic carbocycles. The van der Waals surface area contributed by atoms with Gasteiger partial charge in [-0.2, -0.15) is 0 Å². The van der Waals surface area contributed by atoms with Gasteiger partial charge in [-0.1, -0.05) is 0 Å². The zero-order chi connectivity index (χ0) is 17.1. The van der Waals surface area contributed by atoms with Gasteiger partial charge in [-0.25, -0.2) is 0 Å². The van der Waals surface area contributed by atoms with Crippen LogP contribution in [0.2, 0.25) is 0 Å². The van der Waals surface area contributed by atoms with Gasteiger partial charge in [-0.15, -0.1) is 28.2 Å². The molecule has 0 radical (unpaired) electrons. The van der Waals surface area contributed by atoms with Gasteiger partial charge in [0.2, 0.25) is 0 Å². The molecule has 8 nitrogen and oxygen atoms in total. The van der Waals surface area contributed by atoms with Crippen LogP contribution in [0.25, 0.3) is 21.3 Å². The number of amides is 4. The Bertz CT molecular complexity index is 230. The third kappa shape index (κ3) is 115. The van der Waals surface area contributed by atoms with Gasteiger partial charge in [0.15, 0.2) is 0 Å². The van der Waals surface area contributed by atoms with E-state index in [9.17, 15) is 19.2 Å². The predicted octanol–water partition coefficient (Wildman–Crippen LogP) is 2.14. The van der Waals surface area contributed by atoms with E-state index in [4.69, 9.17) is 0 Å². The van der Waals surface area contributed by atoms with Crippen LogP contribution in [0.3, 0.4) is 0 Å². The SMILES string of the molecule is C[N-]C(C)=O.C[N-]C(C)=O.C[N-]C(C)=O.C[N-]C(C)=O.[Zr+4]. The quantitative estimate of drug-likeness (QED) is 0.639. The molecule has 0 saturated carbocycles. The normalized spacial score (nSPS) is 6.48. The summed E-state index contributed by atoms with van der Waals surface area (Å²) in [4.78, 5) is 38.6. The molecule has 0 saturated heterocycles. The maximum absolute atomic E-state index is 9.65. The van der Waals surface area contributed by atoms with E-state index in [0.717, 1.165) is 0 Å². The van der Waals surface area contributed by atoms with Crippen molar-refractivity contribution in [1.29, 1.82) is 0 Å². The Hall–Kier alpha value is -1.24. The molecule has 0 fully saturated rings. The first-order chi connectivity index (χ1) is 9.08. The van der Waals surface area contributed by atoms with Crippen LogP contribution in [-0.2, 0) is 45.4 Å². The molecule has 0 rings (SSSR count). The topological polar surface area (TPSA) is 125 Å². The van der Waals surface area contributed by atoms with E-state index in [-0.39, 0.29) is 49.8 Å². The minimum atomic E-state index is -0.120. The summed E-state index contributed by atoms with van der Waals surface area (Å²) in [6.07, 6.45) is 0. The van der Waals surface area contributed by atoms with Gasteiger partial charge in [-0.3, -0.25) is 0 Å². The van der Waals surface area contributed by atoms with E-state index in [1.165, 1.54) is 55.9 Å². The molecule has 0 aromatic heterocycles. The van der Waals surface area contributed by atoms with Crippen LogP contribution in [0, 0.1) is 0 Å². The first-order valence-electron chi connectivity index (χ1n) is 5.50. The molecule has 120 valence electrons. The third-order valence-corrected chi connectivity index (χ3v) is 1.26. The molecule has 0 aromatic carbocycles. The molecule has 0 heterocycles. The maximum atomic E-state index is 9.65. The molecule has 0 aliphatic heterocycles. The summed E-state index contributed by atoms with van der Waals surface area (Å²) in [7, 11) is 5.90. The second kappa shape index (κ2) is 27.2. The van der Waals surface area contributed by atoms with Gasteiger partial charge in [0.25, 0.3) is 0 Å². The summed E-state index contributed by atoms with van der Waals surface area (Å²) in [5.41, 5.74) is 0. The Morgan fingerprint density at radius 3 is 0.524 bits per heavy atom. The Morgan fingerprint density at radius 1 is 0.476 bits per heavy atom. The summed E-state index contributed by atoms with van der Waals surface area (Å²) < 4.78 is 0. The maximum Gasteiger partial charge on any atom is 4.00 e. The molecule has 0 N–H and O–H groups in total. The molecule has 4 amide bonds. The van der Waals surface area contributed by atoms with Crippen LogP contribution in [0.5, 0.6) is 0 Å². The number of carbonyl (C=O) groups excluding carboxylic acids is 4. The van der Waals surface area contributed by atoms with E-state index >= 15 is 0 Å². The van der Waals surface area contributed by atoms with E-state index in [1.807, 2.05) is 0 Å². The molecule has 0 atom stereocenters. The Morgan fingerprint density at radius 2 is 0.524 bits per heavy atom. The molecular weight excluding hydrogens is 355 g/mol. The Balaban J connectivity index is -0.0000000533. The standard InChI is InChI=1S/4C3H7NO.Zr/c4*1-3(5)4-2;/h4*1-2H3,(H,4,5);/q;;;;+4/p-4. The van der Waals surface area contributed by atoms with E-state index in [0.29, 0.717) is 0 Å². The van der Waals surface area contributed by atoms with Crippen molar-refractivity contribution < 1.29 is 45.4 Å². The largest absolute Gasteiger partial charge is 4.00 e. The van der Waals surface area contributed by atoms with Crippen molar-refractivity contribution in [2.75, 3.05) is 28.2 Å². The summed E-state index contributed by atoms with van der Waals surface area (Å²) in [5.74, 6) is -0.481. The monoisotopic (exact) mass is 378 g/mol. The van der Waals surface area contributed by atoms with Crippen molar-refractivity contribution in [2.45, 2.75) is 27.7 Å². The van der Waals surface area contributed by atoms with Crippen LogP contribution in [-0.4, -0.2) is 51.8 Å². The molecular formula is C12H24N4O4Zr. The minimum Gasteiger partial charge on any atom is -0.656 e. The number of hydrogen-bond donors (Lipinski definition) is 0. The van der Waals surface area contributed by atoms with E-state index < -0.39 is 0 Å². The van der Waals surface area contributed by atoms with Gasteiger partial charge in [-0.05, 0) is 27.7 Å². The fourth-order valence-electron chi connectivity index (χ4n) is 0. The molecule has 9 heteroatoms. The summed E-state index contributed by atoms with van der Waals surface area (Å²) in [6.45, 7) is 5.67. The van der Waals surface area contributed by atoms with Crippen LogP contribution in [0.4, 0.5) is 0 Å².